The van der Waals surface area contributed by atoms with Crippen molar-refractivity contribution in [3.8, 4) is 5.75 Å². The van der Waals surface area contributed by atoms with Gasteiger partial charge in [-0.25, -0.2) is 0 Å². The van der Waals surface area contributed by atoms with Gasteiger partial charge in [-0.15, -0.1) is 0 Å². The summed E-state index contributed by atoms with van der Waals surface area (Å²) in [5, 5.41) is 3.46. The van der Waals surface area contributed by atoms with Crippen LogP contribution in [-0.4, -0.2) is 28.9 Å². The molecule has 0 fully saturated rings. The van der Waals surface area contributed by atoms with Crippen molar-refractivity contribution >= 4 is 10.8 Å². The summed E-state index contributed by atoms with van der Waals surface area (Å²) in [6, 6.07) is 8.65. The maximum absolute atomic E-state index is 11.1. The number of nitrogens with one attached hydrogen (secondary N) is 1. The lowest BCUT2D eigenvalue weighted by Crippen LogP contribution is -2.26. The van der Waals surface area contributed by atoms with E-state index in [1.54, 1.807) is 6.26 Å². The summed E-state index contributed by atoms with van der Waals surface area (Å²) >= 11 is 0. The van der Waals surface area contributed by atoms with Crippen molar-refractivity contribution in [3.05, 3.63) is 29.8 Å². The third-order valence-electron chi connectivity index (χ3n) is 3.38. The van der Waals surface area contributed by atoms with E-state index in [0.717, 1.165) is 37.5 Å². The molecule has 0 amide bonds. The molecule has 21 heavy (non-hydrogen) atoms. The molecule has 0 heterocycles. The minimum atomic E-state index is -0.701. The number of hydrogen-bond acceptors (Lipinski definition) is 3. The zero-order valence-corrected chi connectivity index (χ0v) is 14.5. The molecular formula is C17H29NO2S. The van der Waals surface area contributed by atoms with Crippen LogP contribution in [0.15, 0.2) is 24.3 Å². The van der Waals surface area contributed by atoms with Crippen LogP contribution >= 0.6 is 0 Å². The van der Waals surface area contributed by atoms with Crippen molar-refractivity contribution < 1.29 is 8.95 Å². The maximum atomic E-state index is 11.1. The van der Waals surface area contributed by atoms with E-state index in [0.29, 0.717) is 12.0 Å². The first kappa shape index (κ1) is 18.2. The van der Waals surface area contributed by atoms with Crippen LogP contribution in [0.1, 0.15) is 39.2 Å². The molecule has 0 radical (unpaired) electrons. The molecule has 0 aliphatic heterocycles. The van der Waals surface area contributed by atoms with Gasteiger partial charge in [-0.2, -0.15) is 0 Å². The molecule has 0 aliphatic rings. The van der Waals surface area contributed by atoms with E-state index in [4.69, 9.17) is 4.74 Å². The molecule has 2 atom stereocenters. The highest BCUT2D eigenvalue weighted by Gasteiger charge is 2.03. The minimum Gasteiger partial charge on any atom is -0.494 e. The Morgan fingerprint density at radius 2 is 1.81 bits per heavy atom. The molecule has 0 spiro atoms. The normalized spacial score (nSPS) is 14.1. The molecule has 4 heteroatoms. The molecule has 0 aliphatic carbocycles. The summed E-state index contributed by atoms with van der Waals surface area (Å²) in [6.07, 6.45) is 3.78. The second-order valence-corrected chi connectivity index (χ2v) is 7.58. The van der Waals surface area contributed by atoms with Crippen molar-refractivity contribution in [1.29, 1.82) is 0 Å². The van der Waals surface area contributed by atoms with Gasteiger partial charge in [0.2, 0.25) is 0 Å². The zero-order valence-electron chi connectivity index (χ0n) is 13.7. The van der Waals surface area contributed by atoms with Gasteiger partial charge in [0.05, 0.1) is 6.61 Å². The van der Waals surface area contributed by atoms with E-state index in [9.17, 15) is 4.21 Å². The van der Waals surface area contributed by atoms with Gasteiger partial charge in [0, 0.05) is 35.4 Å². The van der Waals surface area contributed by atoms with Gasteiger partial charge in [0.15, 0.2) is 0 Å². The molecule has 3 nitrogen and oxygen atoms in total. The molecule has 0 aromatic heterocycles. The van der Waals surface area contributed by atoms with Crippen LogP contribution in [0.3, 0.4) is 0 Å². The van der Waals surface area contributed by atoms with Crippen molar-refractivity contribution in [2.75, 3.05) is 18.6 Å². The molecule has 2 unspecified atom stereocenters. The lowest BCUT2D eigenvalue weighted by atomic mass is 10.1. The molecule has 0 saturated carbocycles. The summed E-state index contributed by atoms with van der Waals surface area (Å²) in [7, 11) is -0.701. The first-order valence-electron chi connectivity index (χ1n) is 7.72. The highest BCUT2D eigenvalue weighted by atomic mass is 32.2. The Balaban J connectivity index is 2.28. The van der Waals surface area contributed by atoms with E-state index in [1.165, 1.54) is 5.56 Å². The van der Waals surface area contributed by atoms with Gasteiger partial charge in [-0.05, 0) is 43.4 Å². The van der Waals surface area contributed by atoms with Crippen molar-refractivity contribution in [3.63, 3.8) is 0 Å². The topological polar surface area (TPSA) is 38.3 Å². The second-order valence-electron chi connectivity index (χ2n) is 6.02. The number of benzene rings is 1. The van der Waals surface area contributed by atoms with Crippen LogP contribution in [0, 0.1) is 5.92 Å². The van der Waals surface area contributed by atoms with Crippen LogP contribution < -0.4 is 10.1 Å². The van der Waals surface area contributed by atoms with Gasteiger partial charge >= 0.3 is 0 Å². The Morgan fingerprint density at radius 3 is 2.38 bits per heavy atom. The van der Waals surface area contributed by atoms with Gasteiger partial charge < -0.3 is 10.1 Å². The van der Waals surface area contributed by atoms with Crippen LogP contribution in [0.4, 0.5) is 0 Å². The predicted octanol–water partition coefficient (Wildman–Crippen LogP) is 3.36. The standard InChI is InChI=1S/C17H29NO2S/c1-14(2)9-11-20-17-7-5-16(6-8-17)13-18-15(3)10-12-21(4)19/h5-8,14-15,18H,9-13H2,1-4H3. The van der Waals surface area contributed by atoms with Crippen LogP contribution in [0.2, 0.25) is 0 Å². The zero-order chi connectivity index (χ0) is 15.7. The van der Waals surface area contributed by atoms with E-state index < -0.39 is 10.8 Å². The molecule has 1 aromatic rings. The van der Waals surface area contributed by atoms with Crippen LogP contribution in [-0.2, 0) is 17.3 Å². The van der Waals surface area contributed by atoms with E-state index >= 15 is 0 Å². The van der Waals surface area contributed by atoms with Gasteiger partial charge in [0.1, 0.15) is 5.75 Å². The Labute approximate surface area is 131 Å². The number of hydrogen-bond donors (Lipinski definition) is 1. The fourth-order valence-electron chi connectivity index (χ4n) is 1.85. The number of rotatable bonds is 10. The monoisotopic (exact) mass is 311 g/mol. The molecule has 1 N–H and O–H groups in total. The fourth-order valence-corrected chi connectivity index (χ4v) is 2.54. The van der Waals surface area contributed by atoms with Crippen molar-refractivity contribution in [1.82, 2.24) is 5.32 Å². The average molecular weight is 311 g/mol. The SMILES string of the molecule is CC(C)CCOc1ccc(CNC(C)CCS(C)=O)cc1. The lowest BCUT2D eigenvalue weighted by Gasteiger charge is -2.13. The minimum absolute atomic E-state index is 0.385. The highest BCUT2D eigenvalue weighted by molar-refractivity contribution is 7.84. The predicted molar refractivity (Wildman–Crippen MR) is 91.2 cm³/mol. The smallest absolute Gasteiger partial charge is 0.119 e. The first-order valence-corrected chi connectivity index (χ1v) is 9.45. The third kappa shape index (κ3) is 8.89. The largest absolute Gasteiger partial charge is 0.494 e. The lowest BCUT2D eigenvalue weighted by molar-refractivity contribution is 0.289. The first-order chi connectivity index (χ1) is 9.97. The Kier molecular flexibility index (Phi) is 8.62. The molecule has 0 bridgehead atoms. The molecule has 1 aromatic carbocycles. The summed E-state index contributed by atoms with van der Waals surface area (Å²) in [4.78, 5) is 0. The molecule has 0 saturated heterocycles. The highest BCUT2D eigenvalue weighted by Crippen LogP contribution is 2.13. The average Bonchev–Trinajstić information content (AvgIpc) is 2.44. The Hall–Kier alpha value is -0.870. The van der Waals surface area contributed by atoms with E-state index in [2.05, 4.69) is 38.2 Å². The summed E-state index contributed by atoms with van der Waals surface area (Å²) in [5.41, 5.74) is 1.25. The second kappa shape index (κ2) is 9.96. The third-order valence-corrected chi connectivity index (χ3v) is 4.19. The van der Waals surface area contributed by atoms with Crippen molar-refractivity contribution in [2.24, 2.45) is 5.92 Å². The Bertz CT molecular complexity index is 417. The van der Waals surface area contributed by atoms with E-state index in [1.807, 2.05) is 12.1 Å². The molecular weight excluding hydrogens is 282 g/mol. The van der Waals surface area contributed by atoms with Crippen molar-refractivity contribution in [2.45, 2.75) is 46.2 Å². The Morgan fingerprint density at radius 1 is 1.14 bits per heavy atom. The van der Waals surface area contributed by atoms with Crippen LogP contribution in [0.25, 0.3) is 0 Å². The quantitative estimate of drug-likeness (QED) is 0.720. The molecule has 120 valence electrons. The van der Waals surface area contributed by atoms with Crippen LogP contribution in [0.5, 0.6) is 5.75 Å². The number of ether oxygens (including phenoxy) is 1. The van der Waals surface area contributed by atoms with Gasteiger partial charge in [-0.1, -0.05) is 26.0 Å². The van der Waals surface area contributed by atoms with Gasteiger partial charge in [0.25, 0.3) is 0 Å². The van der Waals surface area contributed by atoms with E-state index in [-0.39, 0.29) is 0 Å². The summed E-state index contributed by atoms with van der Waals surface area (Å²) < 4.78 is 16.8. The van der Waals surface area contributed by atoms with Gasteiger partial charge in [-0.3, -0.25) is 4.21 Å². The fraction of sp³-hybridized carbons (Fsp3) is 0.647. The summed E-state index contributed by atoms with van der Waals surface area (Å²) in [5.74, 6) is 2.37. The molecule has 1 rings (SSSR count). The summed E-state index contributed by atoms with van der Waals surface area (Å²) in [6.45, 7) is 8.15. The maximum Gasteiger partial charge on any atom is 0.119 e.